The highest BCUT2D eigenvalue weighted by molar-refractivity contribution is 5.98. The molecule has 0 atom stereocenters. The van der Waals surface area contributed by atoms with Crippen LogP contribution in [0, 0.1) is 0 Å². The topological polar surface area (TPSA) is 62.3 Å². The van der Waals surface area contributed by atoms with E-state index in [0.29, 0.717) is 0 Å². The molecule has 1 aromatic heterocycles. The van der Waals surface area contributed by atoms with Gasteiger partial charge >= 0.3 is 5.97 Å². The van der Waals surface area contributed by atoms with Crippen LogP contribution in [0.2, 0.25) is 0 Å². The van der Waals surface area contributed by atoms with E-state index in [4.69, 9.17) is 9.84 Å². The molecule has 1 aliphatic heterocycles. The van der Waals surface area contributed by atoms with Gasteiger partial charge in [0.05, 0.1) is 5.52 Å². The molecule has 0 radical (unpaired) electrons. The van der Waals surface area contributed by atoms with Gasteiger partial charge in [-0.2, -0.15) is 0 Å². The van der Waals surface area contributed by atoms with Crippen LogP contribution in [-0.2, 0) is 0 Å². The standard InChI is InChI=1S/C14H13NO3/c1-14(2)6-5-9-11(18-14)4-3-8-7-10(13(16)17)15-12(8)9/h3-7,15H,1-2H3,(H,16,17). The molecule has 92 valence electrons. The van der Waals surface area contributed by atoms with E-state index < -0.39 is 5.97 Å². The molecule has 0 unspecified atom stereocenters. The normalized spacial score (nSPS) is 16.3. The number of aromatic carboxylic acids is 1. The summed E-state index contributed by atoms with van der Waals surface area (Å²) >= 11 is 0. The summed E-state index contributed by atoms with van der Waals surface area (Å²) in [4.78, 5) is 13.9. The lowest BCUT2D eigenvalue weighted by atomic mass is 10.0. The maximum absolute atomic E-state index is 11.0. The molecule has 0 saturated heterocycles. The SMILES string of the molecule is CC1(C)C=Cc2c(ccc3cc(C(=O)O)[nH]c23)O1. The number of rotatable bonds is 1. The summed E-state index contributed by atoms with van der Waals surface area (Å²) in [6, 6.07) is 5.38. The van der Waals surface area contributed by atoms with E-state index in [2.05, 4.69) is 4.98 Å². The average Bonchev–Trinajstić information content (AvgIpc) is 2.71. The number of carboxylic acid groups (broad SMARTS) is 1. The van der Waals surface area contributed by atoms with Gasteiger partial charge in [0.25, 0.3) is 0 Å². The zero-order chi connectivity index (χ0) is 12.9. The van der Waals surface area contributed by atoms with Crippen LogP contribution in [0.5, 0.6) is 5.75 Å². The third-order valence-electron chi connectivity index (χ3n) is 3.05. The predicted octanol–water partition coefficient (Wildman–Crippen LogP) is 3.05. The van der Waals surface area contributed by atoms with Crippen LogP contribution in [0.3, 0.4) is 0 Å². The Morgan fingerprint density at radius 1 is 1.39 bits per heavy atom. The summed E-state index contributed by atoms with van der Waals surface area (Å²) in [5, 5.41) is 9.87. The Morgan fingerprint density at radius 3 is 2.89 bits per heavy atom. The number of ether oxygens (including phenoxy) is 1. The van der Waals surface area contributed by atoms with Crippen LogP contribution < -0.4 is 4.74 Å². The van der Waals surface area contributed by atoms with Crippen molar-refractivity contribution >= 4 is 22.9 Å². The van der Waals surface area contributed by atoms with Crippen LogP contribution >= 0.6 is 0 Å². The Morgan fingerprint density at radius 2 is 2.17 bits per heavy atom. The molecule has 4 heteroatoms. The summed E-state index contributed by atoms with van der Waals surface area (Å²) in [6.07, 6.45) is 3.94. The first-order chi connectivity index (χ1) is 8.46. The van der Waals surface area contributed by atoms with Gasteiger partial charge in [-0.3, -0.25) is 0 Å². The summed E-state index contributed by atoms with van der Waals surface area (Å²) < 4.78 is 5.84. The Bertz CT molecular complexity index is 680. The minimum absolute atomic E-state index is 0.191. The van der Waals surface area contributed by atoms with Crippen LogP contribution in [0.25, 0.3) is 17.0 Å². The van der Waals surface area contributed by atoms with Gasteiger partial charge in [0, 0.05) is 10.9 Å². The van der Waals surface area contributed by atoms with E-state index in [1.54, 1.807) is 6.07 Å². The van der Waals surface area contributed by atoms with Gasteiger partial charge < -0.3 is 14.8 Å². The molecule has 18 heavy (non-hydrogen) atoms. The molecule has 1 aliphatic rings. The molecular formula is C14H13NO3. The number of hydrogen-bond donors (Lipinski definition) is 2. The molecule has 0 spiro atoms. The number of benzene rings is 1. The molecule has 0 fully saturated rings. The van der Waals surface area contributed by atoms with Crippen molar-refractivity contribution < 1.29 is 14.6 Å². The molecule has 0 saturated carbocycles. The first kappa shape index (κ1) is 10.9. The minimum Gasteiger partial charge on any atom is -0.483 e. The smallest absolute Gasteiger partial charge is 0.352 e. The second kappa shape index (κ2) is 3.38. The second-order valence-electron chi connectivity index (χ2n) is 4.97. The fourth-order valence-electron chi connectivity index (χ4n) is 2.17. The lowest BCUT2D eigenvalue weighted by molar-refractivity contribution is 0.0691. The molecule has 0 amide bonds. The van der Waals surface area contributed by atoms with Gasteiger partial charge in [-0.15, -0.1) is 0 Å². The zero-order valence-corrected chi connectivity index (χ0v) is 10.2. The van der Waals surface area contributed by atoms with Crippen molar-refractivity contribution in [3.05, 3.63) is 35.5 Å². The number of aromatic nitrogens is 1. The summed E-state index contributed by atoms with van der Waals surface area (Å²) in [6.45, 7) is 3.96. The van der Waals surface area contributed by atoms with Crippen molar-refractivity contribution in [2.24, 2.45) is 0 Å². The van der Waals surface area contributed by atoms with E-state index >= 15 is 0 Å². The molecule has 0 aliphatic carbocycles. The fraction of sp³-hybridized carbons (Fsp3) is 0.214. The van der Waals surface area contributed by atoms with Crippen molar-refractivity contribution in [2.75, 3.05) is 0 Å². The lowest BCUT2D eigenvalue weighted by Crippen LogP contribution is -2.27. The van der Waals surface area contributed by atoms with E-state index in [-0.39, 0.29) is 11.3 Å². The largest absolute Gasteiger partial charge is 0.483 e. The molecular weight excluding hydrogens is 230 g/mol. The van der Waals surface area contributed by atoms with E-state index in [1.165, 1.54) is 0 Å². The molecule has 2 N–H and O–H groups in total. The molecule has 1 aromatic carbocycles. The van der Waals surface area contributed by atoms with Crippen molar-refractivity contribution in [3.63, 3.8) is 0 Å². The maximum Gasteiger partial charge on any atom is 0.352 e. The number of aromatic amines is 1. The number of H-pyrrole nitrogens is 1. The molecule has 4 nitrogen and oxygen atoms in total. The number of hydrogen-bond acceptors (Lipinski definition) is 2. The first-order valence-electron chi connectivity index (χ1n) is 5.73. The lowest BCUT2D eigenvalue weighted by Gasteiger charge is -2.27. The van der Waals surface area contributed by atoms with Crippen LogP contribution in [0.1, 0.15) is 29.9 Å². The fourth-order valence-corrected chi connectivity index (χ4v) is 2.17. The Hall–Kier alpha value is -2.23. The van der Waals surface area contributed by atoms with E-state index in [9.17, 15) is 4.79 Å². The highest BCUT2D eigenvalue weighted by Gasteiger charge is 2.23. The Balaban J connectivity index is 2.24. The Kier molecular flexibility index (Phi) is 2.05. The number of fused-ring (bicyclic) bond motifs is 3. The van der Waals surface area contributed by atoms with Crippen LogP contribution in [0.4, 0.5) is 0 Å². The third-order valence-corrected chi connectivity index (χ3v) is 3.05. The molecule has 2 aromatic rings. The van der Waals surface area contributed by atoms with Gasteiger partial charge in [0.1, 0.15) is 17.0 Å². The van der Waals surface area contributed by atoms with Gasteiger partial charge in [-0.25, -0.2) is 4.79 Å². The van der Waals surface area contributed by atoms with Crippen molar-refractivity contribution in [1.29, 1.82) is 0 Å². The Labute approximate surface area is 104 Å². The van der Waals surface area contributed by atoms with Crippen molar-refractivity contribution in [3.8, 4) is 5.75 Å². The summed E-state index contributed by atoms with van der Waals surface area (Å²) in [5.41, 5.74) is 1.57. The quantitative estimate of drug-likeness (QED) is 0.809. The van der Waals surface area contributed by atoms with Crippen LogP contribution in [-0.4, -0.2) is 21.7 Å². The summed E-state index contributed by atoms with van der Waals surface area (Å²) in [5.74, 6) is -0.185. The summed E-state index contributed by atoms with van der Waals surface area (Å²) in [7, 11) is 0. The van der Waals surface area contributed by atoms with Crippen LogP contribution in [0.15, 0.2) is 24.3 Å². The van der Waals surface area contributed by atoms with Gasteiger partial charge in [0.15, 0.2) is 0 Å². The number of carboxylic acids is 1. The monoisotopic (exact) mass is 243 g/mol. The van der Waals surface area contributed by atoms with Gasteiger partial charge in [0.2, 0.25) is 0 Å². The zero-order valence-electron chi connectivity index (χ0n) is 10.2. The highest BCUT2D eigenvalue weighted by Crippen LogP contribution is 2.35. The third kappa shape index (κ3) is 1.57. The average molecular weight is 243 g/mol. The minimum atomic E-state index is -0.957. The number of nitrogens with one attached hydrogen (secondary N) is 1. The second-order valence-corrected chi connectivity index (χ2v) is 4.97. The highest BCUT2D eigenvalue weighted by atomic mass is 16.5. The molecule has 2 heterocycles. The number of carbonyl (C=O) groups is 1. The predicted molar refractivity (Wildman–Crippen MR) is 69.0 cm³/mol. The maximum atomic E-state index is 11.0. The van der Waals surface area contributed by atoms with Crippen molar-refractivity contribution in [1.82, 2.24) is 4.98 Å². The van der Waals surface area contributed by atoms with E-state index in [0.717, 1.165) is 22.2 Å². The van der Waals surface area contributed by atoms with E-state index in [1.807, 2.05) is 38.1 Å². The first-order valence-corrected chi connectivity index (χ1v) is 5.73. The van der Waals surface area contributed by atoms with Gasteiger partial charge in [-0.1, -0.05) is 0 Å². The van der Waals surface area contributed by atoms with Crippen molar-refractivity contribution in [2.45, 2.75) is 19.4 Å². The molecule has 3 rings (SSSR count). The molecule has 0 bridgehead atoms. The van der Waals surface area contributed by atoms with Gasteiger partial charge in [-0.05, 0) is 44.2 Å².